The summed E-state index contributed by atoms with van der Waals surface area (Å²) in [6.45, 7) is 6.98. The molecule has 0 radical (unpaired) electrons. The first-order chi connectivity index (χ1) is 11.9. The molecule has 0 spiro atoms. The van der Waals surface area contributed by atoms with Crippen LogP contribution in [0.2, 0.25) is 0 Å². The lowest BCUT2D eigenvalue weighted by Gasteiger charge is -2.57. The van der Waals surface area contributed by atoms with E-state index in [9.17, 15) is 9.59 Å². The summed E-state index contributed by atoms with van der Waals surface area (Å²) < 4.78 is 6.22. The molecule has 0 aromatic carbocycles. The molecule has 136 valence electrons. The molecule has 3 nitrogen and oxygen atoms in total. The van der Waals surface area contributed by atoms with Gasteiger partial charge in [-0.1, -0.05) is 20.8 Å². The fourth-order valence-electron chi connectivity index (χ4n) is 7.81. The molecule has 3 saturated carbocycles. The van der Waals surface area contributed by atoms with Crippen molar-refractivity contribution in [1.82, 2.24) is 0 Å². The van der Waals surface area contributed by atoms with E-state index in [0.29, 0.717) is 47.4 Å². The van der Waals surface area contributed by atoms with E-state index in [1.165, 1.54) is 37.5 Å². The van der Waals surface area contributed by atoms with Crippen molar-refractivity contribution in [3.8, 4) is 0 Å². The molecular weight excluding hydrogens is 312 g/mol. The van der Waals surface area contributed by atoms with Gasteiger partial charge in [0.2, 0.25) is 0 Å². The van der Waals surface area contributed by atoms with Gasteiger partial charge in [0.25, 0.3) is 0 Å². The zero-order valence-electron chi connectivity index (χ0n) is 15.7. The van der Waals surface area contributed by atoms with E-state index in [-0.39, 0.29) is 17.4 Å². The lowest BCUT2D eigenvalue weighted by Crippen LogP contribution is -2.53. The first kappa shape index (κ1) is 16.2. The maximum absolute atomic E-state index is 12.0. The average molecular weight is 342 g/mol. The molecule has 5 aliphatic rings. The molecule has 9 unspecified atom stereocenters. The summed E-state index contributed by atoms with van der Waals surface area (Å²) in [7, 11) is 0. The van der Waals surface area contributed by atoms with Gasteiger partial charge >= 0.3 is 0 Å². The largest absolute Gasteiger partial charge is 0.365 e. The van der Waals surface area contributed by atoms with Crippen LogP contribution in [0.25, 0.3) is 0 Å². The van der Waals surface area contributed by atoms with Crippen LogP contribution in [-0.2, 0) is 14.3 Å². The Labute approximate surface area is 150 Å². The van der Waals surface area contributed by atoms with Crippen LogP contribution < -0.4 is 0 Å². The number of carbonyl (C=O) groups is 2. The maximum Gasteiger partial charge on any atom is 0.155 e. The third kappa shape index (κ3) is 1.97. The number of epoxide rings is 1. The van der Waals surface area contributed by atoms with E-state index >= 15 is 0 Å². The van der Waals surface area contributed by atoms with Gasteiger partial charge in [0.15, 0.2) is 5.78 Å². The Hall–Kier alpha value is -0.960. The third-order valence-corrected chi connectivity index (χ3v) is 9.15. The second kappa shape index (κ2) is 5.06. The molecule has 9 atom stereocenters. The van der Waals surface area contributed by atoms with Crippen LogP contribution in [0, 0.1) is 40.4 Å². The Balaban J connectivity index is 1.52. The molecule has 1 aliphatic heterocycles. The minimum absolute atomic E-state index is 0.159. The summed E-state index contributed by atoms with van der Waals surface area (Å²) in [6.07, 6.45) is 10.3. The number of hydrogen-bond donors (Lipinski definition) is 0. The molecule has 0 aromatic rings. The van der Waals surface area contributed by atoms with Crippen molar-refractivity contribution in [2.24, 2.45) is 40.4 Å². The number of carbonyl (C=O) groups excluding carboxylic acids is 2. The first-order valence-electron chi connectivity index (χ1n) is 10.3. The molecule has 0 bridgehead atoms. The monoisotopic (exact) mass is 342 g/mol. The number of aldehydes is 1. The van der Waals surface area contributed by atoms with Crippen LogP contribution in [0.4, 0.5) is 0 Å². The molecule has 0 amide bonds. The number of ketones is 1. The summed E-state index contributed by atoms with van der Waals surface area (Å²) in [5.41, 5.74) is 1.76. The summed E-state index contributed by atoms with van der Waals surface area (Å²) in [4.78, 5) is 23.5. The fraction of sp³-hybridized carbons (Fsp3) is 0.818. The van der Waals surface area contributed by atoms with E-state index in [0.717, 1.165) is 6.42 Å². The van der Waals surface area contributed by atoms with Crippen molar-refractivity contribution >= 4 is 12.1 Å². The van der Waals surface area contributed by atoms with Gasteiger partial charge in [0.1, 0.15) is 12.4 Å². The summed E-state index contributed by atoms with van der Waals surface area (Å²) >= 11 is 0. The standard InChI is InChI=1S/C22H30O3/c1-12(11-23)14-4-5-15-18-16(7-9-21(14,15)2)22(3)8-6-13(24)10-17(22)19-20(18)25-19/h10-12,14-16,18-20H,4-9H2,1-3H3. The molecule has 5 rings (SSSR count). The molecular formula is C22H30O3. The summed E-state index contributed by atoms with van der Waals surface area (Å²) in [6, 6.07) is 0. The van der Waals surface area contributed by atoms with Crippen LogP contribution in [0.1, 0.15) is 59.3 Å². The van der Waals surface area contributed by atoms with Gasteiger partial charge in [0, 0.05) is 12.3 Å². The van der Waals surface area contributed by atoms with E-state index in [1.54, 1.807) is 0 Å². The lowest BCUT2D eigenvalue weighted by atomic mass is 9.46. The van der Waals surface area contributed by atoms with E-state index in [1.807, 2.05) is 6.08 Å². The van der Waals surface area contributed by atoms with E-state index < -0.39 is 0 Å². The third-order valence-electron chi connectivity index (χ3n) is 9.15. The number of ether oxygens (including phenoxy) is 1. The minimum Gasteiger partial charge on any atom is -0.365 e. The molecule has 0 N–H and O–H groups in total. The fourth-order valence-corrected chi connectivity index (χ4v) is 7.81. The Morgan fingerprint density at radius 1 is 1.20 bits per heavy atom. The van der Waals surface area contributed by atoms with Crippen molar-refractivity contribution in [1.29, 1.82) is 0 Å². The van der Waals surface area contributed by atoms with Crippen molar-refractivity contribution in [2.75, 3.05) is 0 Å². The van der Waals surface area contributed by atoms with Crippen LogP contribution >= 0.6 is 0 Å². The first-order valence-corrected chi connectivity index (χ1v) is 10.3. The van der Waals surface area contributed by atoms with Gasteiger partial charge in [-0.2, -0.15) is 0 Å². The second-order valence-electron chi connectivity index (χ2n) is 10.0. The topological polar surface area (TPSA) is 46.7 Å². The highest BCUT2D eigenvalue weighted by Gasteiger charge is 2.69. The molecule has 0 aromatic heterocycles. The van der Waals surface area contributed by atoms with Crippen LogP contribution in [0.3, 0.4) is 0 Å². The molecule has 3 heteroatoms. The van der Waals surface area contributed by atoms with Crippen molar-refractivity contribution in [2.45, 2.75) is 71.5 Å². The van der Waals surface area contributed by atoms with Crippen LogP contribution in [0.15, 0.2) is 11.6 Å². The quantitative estimate of drug-likeness (QED) is 0.564. The zero-order chi connectivity index (χ0) is 17.6. The van der Waals surface area contributed by atoms with Crippen LogP contribution in [0.5, 0.6) is 0 Å². The molecule has 25 heavy (non-hydrogen) atoms. The van der Waals surface area contributed by atoms with E-state index in [4.69, 9.17) is 4.74 Å². The number of rotatable bonds is 2. The Bertz CT molecular complexity index is 666. The Kier molecular flexibility index (Phi) is 3.28. The van der Waals surface area contributed by atoms with Crippen molar-refractivity contribution in [3.63, 3.8) is 0 Å². The second-order valence-corrected chi connectivity index (χ2v) is 10.0. The van der Waals surface area contributed by atoms with Crippen LogP contribution in [-0.4, -0.2) is 24.3 Å². The van der Waals surface area contributed by atoms with E-state index in [2.05, 4.69) is 20.8 Å². The van der Waals surface area contributed by atoms with Gasteiger partial charge < -0.3 is 9.53 Å². The van der Waals surface area contributed by atoms with Gasteiger partial charge in [-0.25, -0.2) is 0 Å². The highest BCUT2D eigenvalue weighted by molar-refractivity contribution is 5.92. The minimum atomic E-state index is 0.159. The van der Waals surface area contributed by atoms with Gasteiger partial charge in [-0.05, 0) is 78.3 Å². The maximum atomic E-state index is 12.0. The average Bonchev–Trinajstić information content (AvgIpc) is 3.30. The van der Waals surface area contributed by atoms with Gasteiger partial charge in [-0.3, -0.25) is 4.79 Å². The zero-order valence-corrected chi connectivity index (χ0v) is 15.7. The summed E-state index contributed by atoms with van der Waals surface area (Å²) in [5, 5.41) is 0. The predicted molar refractivity (Wildman–Crippen MR) is 94.9 cm³/mol. The molecule has 4 aliphatic carbocycles. The Morgan fingerprint density at radius 2 is 2.00 bits per heavy atom. The SMILES string of the molecule is CC(C=O)C1CCC2C3C4OC4C4=CC(=O)CCC4(C)C3CCC12C. The van der Waals surface area contributed by atoms with Gasteiger partial charge in [-0.15, -0.1) is 0 Å². The highest BCUT2D eigenvalue weighted by atomic mass is 16.6. The molecule has 1 heterocycles. The number of fused-ring (bicyclic) bond motifs is 8. The normalized spacial score (nSPS) is 54.5. The van der Waals surface area contributed by atoms with Gasteiger partial charge in [0.05, 0.1) is 6.10 Å². The Morgan fingerprint density at radius 3 is 2.76 bits per heavy atom. The molecule has 1 saturated heterocycles. The number of hydrogen-bond acceptors (Lipinski definition) is 3. The highest BCUT2D eigenvalue weighted by Crippen LogP contribution is 2.70. The van der Waals surface area contributed by atoms with Crippen molar-refractivity contribution in [3.05, 3.63) is 11.6 Å². The summed E-state index contributed by atoms with van der Waals surface area (Å²) in [5.74, 6) is 2.96. The van der Waals surface area contributed by atoms with Crippen molar-refractivity contribution < 1.29 is 14.3 Å². The lowest BCUT2D eigenvalue weighted by molar-refractivity contribution is -0.117. The predicted octanol–water partition coefficient (Wildman–Crippen LogP) is 3.96. The smallest absolute Gasteiger partial charge is 0.155 e. The molecule has 4 fully saturated rings.